The van der Waals surface area contributed by atoms with Gasteiger partial charge in [0.1, 0.15) is 0 Å². The fourth-order valence-electron chi connectivity index (χ4n) is 3.55. The molecule has 0 unspecified atom stereocenters. The molecule has 1 N–H and O–H groups in total. The molecule has 0 saturated carbocycles. The van der Waals surface area contributed by atoms with Crippen LogP contribution in [0.4, 0.5) is 0 Å². The number of hydrogen-bond donors (Lipinski definition) is 1. The maximum atomic E-state index is 12.8. The minimum Gasteiger partial charge on any atom is -0.338 e. The lowest BCUT2D eigenvalue weighted by Gasteiger charge is -2.21. The molecule has 3 heterocycles. The molecule has 1 amide bonds. The number of carbonyl (C=O) groups is 1. The third-order valence-electron chi connectivity index (χ3n) is 4.73. The molecule has 5 heteroatoms. The smallest absolute Gasteiger partial charge is 0.264 e. The fraction of sp³-hybridized carbons (Fsp3) is 0.688. The highest BCUT2D eigenvalue weighted by Crippen LogP contribution is 2.29. The van der Waals surface area contributed by atoms with Crippen LogP contribution < -0.4 is 5.32 Å². The molecule has 1 aromatic heterocycles. The molecule has 116 valence electrons. The molecule has 0 bridgehead atoms. The molecule has 0 aliphatic carbocycles. The lowest BCUT2D eigenvalue weighted by Crippen LogP contribution is -2.33. The Morgan fingerprint density at radius 1 is 1.33 bits per heavy atom. The summed E-state index contributed by atoms with van der Waals surface area (Å²) in [7, 11) is 4.10. The first-order valence-corrected chi connectivity index (χ1v) is 8.74. The minimum atomic E-state index is 0.245. The highest BCUT2D eigenvalue weighted by molar-refractivity contribution is 7.12. The number of thiophene rings is 1. The van der Waals surface area contributed by atoms with E-state index in [0.29, 0.717) is 0 Å². The van der Waals surface area contributed by atoms with Crippen molar-refractivity contribution in [2.75, 3.05) is 40.3 Å². The average Bonchev–Trinajstić information content (AvgIpc) is 3.03. The van der Waals surface area contributed by atoms with Crippen LogP contribution in [0.5, 0.6) is 0 Å². The predicted octanol–water partition coefficient (Wildman–Crippen LogP) is 1.88. The van der Waals surface area contributed by atoms with E-state index in [4.69, 9.17) is 0 Å². The van der Waals surface area contributed by atoms with Crippen molar-refractivity contribution in [2.24, 2.45) is 11.8 Å². The van der Waals surface area contributed by atoms with E-state index in [1.54, 1.807) is 11.3 Å². The summed E-state index contributed by atoms with van der Waals surface area (Å²) in [6.07, 6.45) is 2.30. The fourth-order valence-corrected chi connectivity index (χ4v) is 4.44. The lowest BCUT2D eigenvalue weighted by molar-refractivity contribution is 0.0762. The van der Waals surface area contributed by atoms with Crippen molar-refractivity contribution in [2.45, 2.75) is 19.4 Å². The Bertz CT molecular complexity index is 485. The molecule has 2 aliphatic rings. The molecular weight excluding hydrogens is 282 g/mol. The Morgan fingerprint density at radius 3 is 2.62 bits per heavy atom. The van der Waals surface area contributed by atoms with Crippen molar-refractivity contribution in [1.29, 1.82) is 0 Å². The zero-order chi connectivity index (χ0) is 14.8. The number of likely N-dealkylation sites (tertiary alicyclic amines) is 1. The largest absolute Gasteiger partial charge is 0.338 e. The van der Waals surface area contributed by atoms with Gasteiger partial charge in [-0.3, -0.25) is 4.79 Å². The third kappa shape index (κ3) is 3.30. The van der Waals surface area contributed by atoms with Gasteiger partial charge in [0.25, 0.3) is 5.91 Å². The summed E-state index contributed by atoms with van der Waals surface area (Å²) >= 11 is 1.59. The second-order valence-corrected chi connectivity index (χ2v) is 7.48. The first-order chi connectivity index (χ1) is 10.1. The molecule has 4 nitrogen and oxygen atoms in total. The first-order valence-electron chi connectivity index (χ1n) is 7.86. The van der Waals surface area contributed by atoms with E-state index in [0.717, 1.165) is 62.3 Å². The SMILES string of the molecule is CN(C)Cc1ccsc1C(=O)N1CC[C@@H]2CNC[C@@H]2CC1. The molecule has 0 spiro atoms. The van der Waals surface area contributed by atoms with Gasteiger partial charge in [0.15, 0.2) is 0 Å². The topological polar surface area (TPSA) is 35.6 Å². The second kappa shape index (κ2) is 6.46. The van der Waals surface area contributed by atoms with Crippen LogP contribution in [0.25, 0.3) is 0 Å². The van der Waals surface area contributed by atoms with Crippen molar-refractivity contribution in [3.63, 3.8) is 0 Å². The number of carbonyl (C=O) groups excluding carboxylic acids is 1. The summed E-state index contributed by atoms with van der Waals surface area (Å²) in [4.78, 5) is 18.0. The molecule has 2 fully saturated rings. The average molecular weight is 307 g/mol. The van der Waals surface area contributed by atoms with E-state index >= 15 is 0 Å². The highest BCUT2D eigenvalue weighted by Gasteiger charge is 2.32. The summed E-state index contributed by atoms with van der Waals surface area (Å²) in [6.45, 7) is 4.95. The van der Waals surface area contributed by atoms with Crippen molar-refractivity contribution in [1.82, 2.24) is 15.1 Å². The number of amides is 1. The number of fused-ring (bicyclic) bond motifs is 1. The Labute approximate surface area is 131 Å². The van der Waals surface area contributed by atoms with E-state index in [2.05, 4.69) is 21.2 Å². The number of hydrogen-bond acceptors (Lipinski definition) is 4. The van der Waals surface area contributed by atoms with Crippen LogP contribution in [0.1, 0.15) is 28.1 Å². The van der Waals surface area contributed by atoms with Gasteiger partial charge in [0, 0.05) is 19.6 Å². The van der Waals surface area contributed by atoms with Gasteiger partial charge >= 0.3 is 0 Å². The lowest BCUT2D eigenvalue weighted by atomic mass is 9.92. The van der Waals surface area contributed by atoms with Gasteiger partial charge in [-0.15, -0.1) is 11.3 Å². The van der Waals surface area contributed by atoms with Gasteiger partial charge in [-0.05, 0) is 68.9 Å². The molecule has 0 aromatic carbocycles. The van der Waals surface area contributed by atoms with E-state index in [-0.39, 0.29) is 5.91 Å². The maximum absolute atomic E-state index is 12.8. The van der Waals surface area contributed by atoms with E-state index in [1.807, 2.05) is 19.5 Å². The van der Waals surface area contributed by atoms with Crippen molar-refractivity contribution >= 4 is 17.2 Å². The van der Waals surface area contributed by atoms with Crippen LogP contribution in [-0.2, 0) is 6.54 Å². The number of nitrogens with zero attached hydrogens (tertiary/aromatic N) is 2. The van der Waals surface area contributed by atoms with Crippen molar-refractivity contribution in [3.8, 4) is 0 Å². The monoisotopic (exact) mass is 307 g/mol. The highest BCUT2D eigenvalue weighted by atomic mass is 32.1. The van der Waals surface area contributed by atoms with Gasteiger partial charge in [0.05, 0.1) is 4.88 Å². The van der Waals surface area contributed by atoms with Gasteiger partial charge in [-0.2, -0.15) is 0 Å². The zero-order valence-corrected chi connectivity index (χ0v) is 13.8. The van der Waals surface area contributed by atoms with Crippen molar-refractivity contribution in [3.05, 3.63) is 21.9 Å². The normalized spacial score (nSPS) is 26.0. The summed E-state index contributed by atoms with van der Waals surface area (Å²) in [6, 6.07) is 2.09. The standard InChI is InChI=1S/C16H25N3OS/c1-18(2)11-14-5-8-21-15(14)16(20)19-6-3-12-9-17-10-13(12)4-7-19/h5,8,12-13,17H,3-4,6-7,9-11H2,1-2H3/t12-,13+. The number of nitrogens with one attached hydrogen (secondary N) is 1. The zero-order valence-electron chi connectivity index (χ0n) is 13.0. The molecule has 1 aromatic rings. The molecule has 0 radical (unpaired) electrons. The summed E-state index contributed by atoms with van der Waals surface area (Å²) < 4.78 is 0. The van der Waals surface area contributed by atoms with E-state index in [1.165, 1.54) is 5.56 Å². The molecule has 2 aliphatic heterocycles. The van der Waals surface area contributed by atoms with E-state index < -0.39 is 0 Å². The quantitative estimate of drug-likeness (QED) is 0.926. The molecule has 2 saturated heterocycles. The Morgan fingerprint density at radius 2 is 2.00 bits per heavy atom. The number of rotatable bonds is 3. The van der Waals surface area contributed by atoms with Gasteiger partial charge in [0.2, 0.25) is 0 Å². The third-order valence-corrected chi connectivity index (χ3v) is 5.68. The van der Waals surface area contributed by atoms with Crippen LogP contribution in [-0.4, -0.2) is 56.0 Å². The Kier molecular flexibility index (Phi) is 4.62. The van der Waals surface area contributed by atoms with Gasteiger partial charge < -0.3 is 15.1 Å². The van der Waals surface area contributed by atoms with Crippen LogP contribution in [0.15, 0.2) is 11.4 Å². The summed E-state index contributed by atoms with van der Waals surface area (Å²) in [5.41, 5.74) is 1.17. The van der Waals surface area contributed by atoms with Gasteiger partial charge in [-0.1, -0.05) is 0 Å². The van der Waals surface area contributed by atoms with Crippen LogP contribution in [0, 0.1) is 11.8 Å². The maximum Gasteiger partial charge on any atom is 0.264 e. The Hall–Kier alpha value is -0.910. The second-order valence-electron chi connectivity index (χ2n) is 6.56. The van der Waals surface area contributed by atoms with Crippen LogP contribution >= 0.6 is 11.3 Å². The minimum absolute atomic E-state index is 0.245. The Balaban J connectivity index is 1.69. The molecule has 21 heavy (non-hydrogen) atoms. The van der Waals surface area contributed by atoms with Crippen LogP contribution in [0.3, 0.4) is 0 Å². The molecule has 3 rings (SSSR count). The summed E-state index contributed by atoms with van der Waals surface area (Å²) in [5.74, 6) is 1.79. The van der Waals surface area contributed by atoms with Crippen molar-refractivity contribution < 1.29 is 4.79 Å². The van der Waals surface area contributed by atoms with Gasteiger partial charge in [-0.25, -0.2) is 0 Å². The molecular formula is C16H25N3OS. The van der Waals surface area contributed by atoms with E-state index in [9.17, 15) is 4.79 Å². The first kappa shape index (κ1) is 15.0. The summed E-state index contributed by atoms with van der Waals surface area (Å²) in [5, 5.41) is 5.53. The van der Waals surface area contributed by atoms with Crippen LogP contribution in [0.2, 0.25) is 0 Å². The predicted molar refractivity (Wildman–Crippen MR) is 86.7 cm³/mol. The molecule has 2 atom stereocenters.